The summed E-state index contributed by atoms with van der Waals surface area (Å²) < 4.78 is 16.1. The lowest BCUT2D eigenvalue weighted by atomic mass is 10.2. The number of aromatic nitrogens is 1. The molecule has 6 nitrogen and oxygen atoms in total. The highest BCUT2D eigenvalue weighted by molar-refractivity contribution is 5.78. The van der Waals surface area contributed by atoms with Gasteiger partial charge in [0.25, 0.3) is 0 Å². The van der Waals surface area contributed by atoms with Crippen LogP contribution in [0.2, 0.25) is 0 Å². The normalized spacial score (nSPS) is 11.9. The summed E-state index contributed by atoms with van der Waals surface area (Å²) in [5, 5.41) is 3.07. The van der Waals surface area contributed by atoms with Gasteiger partial charge < -0.3 is 19.2 Å². The molecular formula is C18H18N2O4. The fraction of sp³-hybridized carbons (Fsp3) is 0.222. The molecule has 0 saturated heterocycles. The second kappa shape index (κ2) is 7.04. The molecule has 0 radical (unpaired) electrons. The minimum absolute atomic E-state index is 0.191. The van der Waals surface area contributed by atoms with Gasteiger partial charge in [-0.2, -0.15) is 4.98 Å². The molecule has 1 atom stereocenters. The molecule has 1 unspecified atom stereocenters. The summed E-state index contributed by atoms with van der Waals surface area (Å²) in [7, 11) is 0. The van der Waals surface area contributed by atoms with Crippen LogP contribution in [0.1, 0.15) is 13.8 Å². The van der Waals surface area contributed by atoms with Crippen LogP contribution in [0.4, 0.5) is 5.69 Å². The van der Waals surface area contributed by atoms with E-state index in [0.29, 0.717) is 17.9 Å². The van der Waals surface area contributed by atoms with E-state index < -0.39 is 6.04 Å². The highest BCUT2D eigenvalue weighted by atomic mass is 16.6. The van der Waals surface area contributed by atoms with Crippen LogP contribution >= 0.6 is 0 Å². The maximum absolute atomic E-state index is 11.6. The average Bonchev–Trinajstić information content (AvgIpc) is 2.99. The summed E-state index contributed by atoms with van der Waals surface area (Å²) in [4.78, 5) is 15.9. The van der Waals surface area contributed by atoms with Gasteiger partial charge in [-0.25, -0.2) is 4.79 Å². The molecule has 0 bridgehead atoms. The second-order valence-electron chi connectivity index (χ2n) is 5.19. The van der Waals surface area contributed by atoms with Crippen LogP contribution in [0.25, 0.3) is 11.1 Å². The number of hydrogen-bond donors (Lipinski definition) is 1. The number of nitrogens with one attached hydrogen (secondary N) is 1. The van der Waals surface area contributed by atoms with E-state index in [2.05, 4.69) is 10.3 Å². The number of ether oxygens (including phenoxy) is 2. The number of anilines is 1. The van der Waals surface area contributed by atoms with Gasteiger partial charge in [0.2, 0.25) is 0 Å². The zero-order valence-electron chi connectivity index (χ0n) is 13.5. The topological polar surface area (TPSA) is 73.6 Å². The maximum Gasteiger partial charge on any atom is 0.400 e. The Labute approximate surface area is 139 Å². The highest BCUT2D eigenvalue weighted by Crippen LogP contribution is 2.26. The molecule has 0 aliphatic rings. The molecule has 0 aliphatic carbocycles. The Morgan fingerprint density at radius 3 is 2.67 bits per heavy atom. The van der Waals surface area contributed by atoms with Gasteiger partial charge in [-0.05, 0) is 50.2 Å². The molecule has 0 spiro atoms. The third kappa shape index (κ3) is 3.65. The van der Waals surface area contributed by atoms with E-state index in [-0.39, 0.29) is 12.0 Å². The van der Waals surface area contributed by atoms with E-state index in [1.165, 1.54) is 0 Å². The fourth-order valence-electron chi connectivity index (χ4n) is 2.19. The molecule has 0 amide bonds. The third-order valence-electron chi connectivity index (χ3n) is 3.36. The molecule has 0 fully saturated rings. The zero-order valence-corrected chi connectivity index (χ0v) is 13.5. The van der Waals surface area contributed by atoms with Crippen molar-refractivity contribution in [1.82, 2.24) is 4.98 Å². The minimum Gasteiger partial charge on any atom is -0.464 e. The molecule has 2 aromatic carbocycles. The van der Waals surface area contributed by atoms with Crippen LogP contribution in [0.5, 0.6) is 11.8 Å². The largest absolute Gasteiger partial charge is 0.464 e. The number of benzene rings is 2. The summed E-state index contributed by atoms with van der Waals surface area (Å²) in [6.07, 6.45) is 0.191. The van der Waals surface area contributed by atoms with Crippen LogP contribution in [0.15, 0.2) is 52.9 Å². The van der Waals surface area contributed by atoms with Gasteiger partial charge in [0.05, 0.1) is 6.61 Å². The number of esters is 1. The first kappa shape index (κ1) is 15.9. The number of carbonyl (C=O) groups is 1. The van der Waals surface area contributed by atoms with Gasteiger partial charge in [0.15, 0.2) is 5.58 Å². The first-order valence-electron chi connectivity index (χ1n) is 7.72. The first-order chi connectivity index (χ1) is 11.7. The van der Waals surface area contributed by atoms with Gasteiger partial charge in [0.1, 0.15) is 17.3 Å². The number of para-hydroxylation sites is 2. The van der Waals surface area contributed by atoms with Gasteiger partial charge in [0, 0.05) is 5.69 Å². The van der Waals surface area contributed by atoms with Crippen molar-refractivity contribution in [3.8, 4) is 11.8 Å². The molecule has 24 heavy (non-hydrogen) atoms. The molecule has 124 valence electrons. The van der Waals surface area contributed by atoms with E-state index in [4.69, 9.17) is 13.9 Å². The van der Waals surface area contributed by atoms with Crippen LogP contribution < -0.4 is 10.1 Å². The molecule has 1 heterocycles. The predicted molar refractivity (Wildman–Crippen MR) is 90.2 cm³/mol. The Balaban J connectivity index is 1.65. The zero-order chi connectivity index (χ0) is 16.9. The Hall–Kier alpha value is -3.02. The predicted octanol–water partition coefficient (Wildman–Crippen LogP) is 3.98. The number of fused-ring (bicyclic) bond motifs is 1. The first-order valence-corrected chi connectivity index (χ1v) is 7.72. The molecule has 1 aromatic heterocycles. The molecule has 3 rings (SSSR count). The lowest BCUT2D eigenvalue weighted by molar-refractivity contribution is -0.143. The molecule has 1 N–H and O–H groups in total. The van der Waals surface area contributed by atoms with E-state index >= 15 is 0 Å². The van der Waals surface area contributed by atoms with Crippen molar-refractivity contribution >= 4 is 22.8 Å². The van der Waals surface area contributed by atoms with Crippen LogP contribution in [-0.4, -0.2) is 23.6 Å². The quantitative estimate of drug-likeness (QED) is 0.691. The lowest BCUT2D eigenvalue weighted by Crippen LogP contribution is -2.28. The van der Waals surface area contributed by atoms with Crippen molar-refractivity contribution in [2.45, 2.75) is 19.9 Å². The summed E-state index contributed by atoms with van der Waals surface area (Å²) >= 11 is 0. The van der Waals surface area contributed by atoms with Gasteiger partial charge in [-0.15, -0.1) is 0 Å². The Morgan fingerprint density at radius 1 is 1.21 bits per heavy atom. The molecule has 0 saturated carbocycles. The smallest absolute Gasteiger partial charge is 0.400 e. The number of carbonyl (C=O) groups excluding carboxylic acids is 1. The standard InChI is InChI=1S/C18H18N2O4/c1-3-22-17(21)12(2)19-13-8-10-14(11-9-13)23-18-20-15-6-4-5-7-16(15)24-18/h4-12,19H,3H2,1-2H3. The lowest BCUT2D eigenvalue weighted by Gasteiger charge is -2.14. The molecular weight excluding hydrogens is 308 g/mol. The molecule has 3 aromatic rings. The summed E-state index contributed by atoms with van der Waals surface area (Å²) in [5.74, 6) is 0.306. The summed E-state index contributed by atoms with van der Waals surface area (Å²) in [6, 6.07) is 14.2. The van der Waals surface area contributed by atoms with Crippen molar-refractivity contribution in [3.05, 3.63) is 48.5 Å². The maximum atomic E-state index is 11.6. The van der Waals surface area contributed by atoms with E-state index in [1.54, 1.807) is 26.0 Å². The SMILES string of the molecule is CCOC(=O)C(C)Nc1ccc(Oc2nc3ccccc3o2)cc1. The fourth-order valence-corrected chi connectivity index (χ4v) is 2.19. The van der Waals surface area contributed by atoms with E-state index in [1.807, 2.05) is 36.4 Å². The van der Waals surface area contributed by atoms with Crippen LogP contribution in [0, 0.1) is 0 Å². The Kier molecular flexibility index (Phi) is 4.65. The van der Waals surface area contributed by atoms with Crippen molar-refractivity contribution in [2.24, 2.45) is 0 Å². The van der Waals surface area contributed by atoms with Gasteiger partial charge in [-0.1, -0.05) is 12.1 Å². The third-order valence-corrected chi connectivity index (χ3v) is 3.36. The monoisotopic (exact) mass is 326 g/mol. The minimum atomic E-state index is -0.422. The van der Waals surface area contributed by atoms with E-state index in [0.717, 1.165) is 11.2 Å². The summed E-state index contributed by atoms with van der Waals surface area (Å²) in [6.45, 7) is 3.89. The number of nitrogens with zero attached hydrogens (tertiary/aromatic N) is 1. The van der Waals surface area contributed by atoms with Crippen LogP contribution in [-0.2, 0) is 9.53 Å². The number of oxazole rings is 1. The van der Waals surface area contributed by atoms with E-state index in [9.17, 15) is 4.79 Å². The second-order valence-corrected chi connectivity index (χ2v) is 5.19. The average molecular weight is 326 g/mol. The van der Waals surface area contributed by atoms with Crippen molar-refractivity contribution in [1.29, 1.82) is 0 Å². The molecule has 6 heteroatoms. The van der Waals surface area contributed by atoms with Crippen molar-refractivity contribution in [3.63, 3.8) is 0 Å². The highest BCUT2D eigenvalue weighted by Gasteiger charge is 2.13. The van der Waals surface area contributed by atoms with Gasteiger partial charge >= 0.3 is 12.0 Å². The Bertz CT molecular complexity index is 793. The summed E-state index contributed by atoms with van der Waals surface area (Å²) in [5.41, 5.74) is 2.21. The molecule has 0 aliphatic heterocycles. The number of hydrogen-bond acceptors (Lipinski definition) is 6. The van der Waals surface area contributed by atoms with Crippen LogP contribution in [0.3, 0.4) is 0 Å². The van der Waals surface area contributed by atoms with Gasteiger partial charge in [-0.3, -0.25) is 0 Å². The Morgan fingerprint density at radius 2 is 1.96 bits per heavy atom. The number of rotatable bonds is 6. The van der Waals surface area contributed by atoms with Crippen molar-refractivity contribution in [2.75, 3.05) is 11.9 Å². The van der Waals surface area contributed by atoms with Crippen molar-refractivity contribution < 1.29 is 18.7 Å².